The number of aromatic amines is 1. The first-order valence-electron chi connectivity index (χ1n) is 10.1. The Hall–Kier alpha value is -2.15. The zero-order valence-electron chi connectivity index (χ0n) is 16.5. The molecular weight excluding hydrogens is 499 g/mol. The Balaban J connectivity index is 1.56. The first-order chi connectivity index (χ1) is 15.0. The predicted octanol–water partition coefficient (Wildman–Crippen LogP) is 7.36. The highest BCUT2D eigenvalue weighted by Crippen LogP contribution is 2.40. The molecule has 1 aliphatic heterocycles. The number of fused-ring (bicyclic) bond motifs is 3. The van der Waals surface area contributed by atoms with Crippen LogP contribution in [0.5, 0.6) is 0 Å². The molecule has 3 nitrogen and oxygen atoms in total. The van der Waals surface area contributed by atoms with Gasteiger partial charge in [0.05, 0.1) is 6.04 Å². The van der Waals surface area contributed by atoms with Gasteiger partial charge in [-0.2, -0.15) is 0 Å². The van der Waals surface area contributed by atoms with E-state index in [1.54, 1.807) is 6.08 Å². The number of hydrogen-bond acceptors (Lipinski definition) is 2. The Morgan fingerprint density at radius 3 is 2.68 bits per heavy atom. The number of nitrogens with zero attached hydrogens (tertiary/aromatic N) is 1. The lowest BCUT2D eigenvalue weighted by molar-refractivity contribution is 0.251. The van der Waals surface area contributed by atoms with Gasteiger partial charge in [-0.3, -0.25) is 0 Å². The van der Waals surface area contributed by atoms with Crippen LogP contribution in [0.15, 0.2) is 70.7 Å². The molecule has 2 aromatic carbocycles. The molecule has 31 heavy (non-hydrogen) atoms. The zero-order chi connectivity index (χ0) is 21.5. The van der Waals surface area contributed by atoms with E-state index in [9.17, 15) is 4.39 Å². The number of benzene rings is 2. The van der Waals surface area contributed by atoms with E-state index in [-0.39, 0.29) is 11.9 Å². The summed E-state index contributed by atoms with van der Waals surface area (Å²) in [5.74, 6) is 0.556. The van der Waals surface area contributed by atoms with Crippen LogP contribution in [0.4, 0.5) is 4.39 Å². The molecule has 3 aromatic rings. The molecular formula is C24H19BrClFN2OS. The van der Waals surface area contributed by atoms with Crippen LogP contribution in [0.2, 0.25) is 5.02 Å². The van der Waals surface area contributed by atoms with Crippen LogP contribution in [0.3, 0.4) is 0 Å². The summed E-state index contributed by atoms with van der Waals surface area (Å²) in [6.45, 7) is 0.712. The van der Waals surface area contributed by atoms with Gasteiger partial charge in [0.25, 0.3) is 5.17 Å². The highest BCUT2D eigenvalue weighted by atomic mass is 79.9. The van der Waals surface area contributed by atoms with Gasteiger partial charge in [-0.15, -0.1) is 0 Å². The SMILES string of the molecule is FC1=CC=C(OC(=S)N2CCc3c([nH]c4ccc(Cl)cc34)C2c2ccc(Br)cc2)CC1. The first-order valence-corrected chi connectivity index (χ1v) is 11.7. The summed E-state index contributed by atoms with van der Waals surface area (Å²) >= 11 is 15.5. The van der Waals surface area contributed by atoms with E-state index in [1.807, 2.05) is 30.3 Å². The van der Waals surface area contributed by atoms with Crippen molar-refractivity contribution in [2.45, 2.75) is 25.3 Å². The second kappa shape index (κ2) is 8.41. The lowest BCUT2D eigenvalue weighted by atomic mass is 9.93. The molecule has 7 heteroatoms. The van der Waals surface area contributed by atoms with Crippen LogP contribution in [0.1, 0.15) is 35.7 Å². The molecule has 2 heterocycles. The third-order valence-electron chi connectivity index (χ3n) is 5.79. The number of ether oxygens (including phenoxy) is 1. The minimum Gasteiger partial charge on any atom is -0.436 e. The van der Waals surface area contributed by atoms with Crippen LogP contribution < -0.4 is 0 Å². The molecule has 1 unspecified atom stereocenters. The number of thiocarbonyl (C=S) groups is 1. The van der Waals surface area contributed by atoms with E-state index in [1.165, 1.54) is 11.6 Å². The number of nitrogens with one attached hydrogen (secondary N) is 1. The third kappa shape index (κ3) is 4.04. The molecule has 1 N–H and O–H groups in total. The predicted molar refractivity (Wildman–Crippen MR) is 130 cm³/mol. The van der Waals surface area contributed by atoms with E-state index < -0.39 is 0 Å². The van der Waals surface area contributed by atoms with Crippen molar-refractivity contribution in [1.82, 2.24) is 9.88 Å². The molecule has 0 saturated carbocycles. The van der Waals surface area contributed by atoms with Crippen molar-refractivity contribution >= 4 is 55.8 Å². The standard InChI is InChI=1S/C24H19BrClFN2OS/c25-15-3-1-14(2-4-15)23-22-19(20-13-16(26)5-10-21(20)28-22)11-12-29(23)24(31)30-18-8-6-17(27)7-9-18/h1-6,8,10,13,23,28H,7,9,11-12H2. The highest BCUT2D eigenvalue weighted by Gasteiger charge is 2.34. The normalized spacial score (nSPS) is 18.4. The van der Waals surface area contributed by atoms with Crippen molar-refractivity contribution in [1.29, 1.82) is 0 Å². The lowest BCUT2D eigenvalue weighted by Crippen LogP contribution is -2.40. The van der Waals surface area contributed by atoms with E-state index in [0.29, 0.717) is 30.3 Å². The average molecular weight is 518 g/mol. The molecule has 0 bridgehead atoms. The number of hydrogen-bond donors (Lipinski definition) is 1. The van der Waals surface area contributed by atoms with E-state index in [2.05, 4.69) is 37.9 Å². The molecule has 0 fully saturated rings. The van der Waals surface area contributed by atoms with Crippen molar-refractivity contribution < 1.29 is 9.13 Å². The fraction of sp³-hybridized carbons (Fsp3) is 0.208. The summed E-state index contributed by atoms with van der Waals surface area (Å²) in [6, 6.07) is 14.1. The van der Waals surface area contributed by atoms with Gasteiger partial charge in [0.2, 0.25) is 0 Å². The van der Waals surface area contributed by atoms with Crippen LogP contribution in [-0.4, -0.2) is 21.6 Å². The molecule has 158 valence electrons. The minimum atomic E-state index is -0.134. The molecule has 1 aromatic heterocycles. The van der Waals surface area contributed by atoms with Gasteiger partial charge in [0.1, 0.15) is 11.6 Å². The Kier molecular flexibility index (Phi) is 5.63. The van der Waals surface area contributed by atoms with Gasteiger partial charge in [-0.05, 0) is 72.2 Å². The fourth-order valence-electron chi connectivity index (χ4n) is 4.30. The molecule has 0 spiro atoms. The summed E-state index contributed by atoms with van der Waals surface area (Å²) in [5, 5.41) is 2.27. The topological polar surface area (TPSA) is 28.3 Å². The van der Waals surface area contributed by atoms with Gasteiger partial charge in [0, 0.05) is 45.5 Å². The molecule has 0 amide bonds. The van der Waals surface area contributed by atoms with Crippen LogP contribution >= 0.6 is 39.7 Å². The van der Waals surface area contributed by atoms with Gasteiger partial charge in [-0.25, -0.2) is 4.39 Å². The van der Waals surface area contributed by atoms with E-state index in [0.717, 1.165) is 38.1 Å². The minimum absolute atomic E-state index is 0.119. The molecule has 1 atom stereocenters. The van der Waals surface area contributed by atoms with Gasteiger partial charge in [0.15, 0.2) is 0 Å². The molecule has 0 radical (unpaired) electrons. The lowest BCUT2D eigenvalue weighted by Gasteiger charge is -2.37. The highest BCUT2D eigenvalue weighted by molar-refractivity contribution is 9.10. The van der Waals surface area contributed by atoms with E-state index >= 15 is 0 Å². The maximum atomic E-state index is 13.4. The van der Waals surface area contributed by atoms with Gasteiger partial charge >= 0.3 is 0 Å². The largest absolute Gasteiger partial charge is 0.436 e. The Morgan fingerprint density at radius 1 is 1.13 bits per heavy atom. The molecule has 2 aliphatic rings. The van der Waals surface area contributed by atoms with Crippen molar-refractivity contribution in [2.75, 3.05) is 6.54 Å². The van der Waals surface area contributed by atoms with Crippen LogP contribution in [-0.2, 0) is 11.2 Å². The summed E-state index contributed by atoms with van der Waals surface area (Å²) in [6.07, 6.45) is 4.79. The smallest absolute Gasteiger partial charge is 0.265 e. The number of aromatic nitrogens is 1. The first kappa shape index (κ1) is 20.7. The van der Waals surface area contributed by atoms with Gasteiger partial charge < -0.3 is 14.6 Å². The molecule has 0 saturated heterocycles. The summed E-state index contributed by atoms with van der Waals surface area (Å²) in [4.78, 5) is 5.70. The van der Waals surface area contributed by atoms with Gasteiger partial charge in [-0.1, -0.05) is 39.7 Å². The van der Waals surface area contributed by atoms with Crippen LogP contribution in [0.25, 0.3) is 10.9 Å². The van der Waals surface area contributed by atoms with Crippen molar-refractivity contribution in [3.8, 4) is 0 Å². The average Bonchev–Trinajstić information content (AvgIpc) is 3.13. The van der Waals surface area contributed by atoms with Crippen molar-refractivity contribution in [2.24, 2.45) is 0 Å². The molecule has 1 aliphatic carbocycles. The Labute approximate surface area is 198 Å². The Morgan fingerprint density at radius 2 is 1.94 bits per heavy atom. The Bertz CT molecular complexity index is 1230. The number of rotatable bonds is 2. The summed E-state index contributed by atoms with van der Waals surface area (Å²) < 4.78 is 20.4. The zero-order valence-corrected chi connectivity index (χ0v) is 19.7. The van der Waals surface area contributed by atoms with Crippen molar-refractivity contribution in [3.63, 3.8) is 0 Å². The number of H-pyrrole nitrogens is 1. The number of allylic oxidation sites excluding steroid dienone is 4. The fourth-order valence-corrected chi connectivity index (χ4v) is 5.04. The van der Waals surface area contributed by atoms with Crippen LogP contribution in [0, 0.1) is 0 Å². The second-order valence-electron chi connectivity index (χ2n) is 7.72. The summed E-state index contributed by atoms with van der Waals surface area (Å²) in [7, 11) is 0. The monoisotopic (exact) mass is 516 g/mol. The molecule has 5 rings (SSSR count). The van der Waals surface area contributed by atoms with Crippen molar-refractivity contribution in [3.05, 3.63) is 92.5 Å². The quantitative estimate of drug-likeness (QED) is 0.360. The third-order valence-corrected chi connectivity index (χ3v) is 6.87. The maximum Gasteiger partial charge on any atom is 0.265 e. The summed E-state index contributed by atoms with van der Waals surface area (Å²) in [5.41, 5.74) is 4.52. The van der Waals surface area contributed by atoms with E-state index in [4.69, 9.17) is 28.6 Å². The maximum absolute atomic E-state index is 13.4. The second-order valence-corrected chi connectivity index (χ2v) is 9.42. The number of halogens is 3.